The van der Waals surface area contributed by atoms with Crippen LogP contribution in [0, 0.1) is 5.92 Å². The first kappa shape index (κ1) is 15.0. The number of hydrogen-bond acceptors (Lipinski definition) is 2. The van der Waals surface area contributed by atoms with Gasteiger partial charge in [0.05, 0.1) is 0 Å². The van der Waals surface area contributed by atoms with Gasteiger partial charge in [0, 0.05) is 17.2 Å². The van der Waals surface area contributed by atoms with Gasteiger partial charge in [-0.3, -0.25) is 4.79 Å². The fourth-order valence-corrected chi connectivity index (χ4v) is 2.98. The maximum absolute atomic E-state index is 12.3. The van der Waals surface area contributed by atoms with Gasteiger partial charge in [0.1, 0.15) is 4.99 Å². The maximum Gasteiger partial charge on any atom is 0.251 e. The van der Waals surface area contributed by atoms with Crippen molar-refractivity contribution in [3.63, 3.8) is 0 Å². The zero-order chi connectivity index (χ0) is 14.5. The van der Waals surface area contributed by atoms with Crippen LogP contribution in [-0.4, -0.2) is 16.9 Å². The number of carbonyl (C=O) groups is 1. The second-order valence-electron chi connectivity index (χ2n) is 5.61. The number of thiocarbonyl (C=S) groups is 1. The number of rotatable bonds is 4. The lowest BCUT2D eigenvalue weighted by molar-refractivity contribution is 0.0919. The van der Waals surface area contributed by atoms with Gasteiger partial charge < -0.3 is 11.1 Å². The van der Waals surface area contributed by atoms with E-state index in [0.717, 1.165) is 5.56 Å². The van der Waals surface area contributed by atoms with E-state index in [-0.39, 0.29) is 11.9 Å². The Morgan fingerprint density at radius 3 is 2.60 bits per heavy atom. The second-order valence-corrected chi connectivity index (χ2v) is 6.05. The molecule has 1 aliphatic carbocycles. The van der Waals surface area contributed by atoms with Crippen LogP contribution in [0.3, 0.4) is 0 Å². The molecule has 1 saturated carbocycles. The summed E-state index contributed by atoms with van der Waals surface area (Å²) in [5, 5.41) is 3.11. The molecule has 1 unspecified atom stereocenters. The van der Waals surface area contributed by atoms with Crippen LogP contribution >= 0.6 is 12.2 Å². The summed E-state index contributed by atoms with van der Waals surface area (Å²) >= 11 is 4.94. The summed E-state index contributed by atoms with van der Waals surface area (Å²) in [4.78, 5) is 12.6. The van der Waals surface area contributed by atoms with E-state index >= 15 is 0 Å². The van der Waals surface area contributed by atoms with E-state index in [9.17, 15) is 4.79 Å². The highest BCUT2D eigenvalue weighted by molar-refractivity contribution is 7.80. The van der Waals surface area contributed by atoms with Crippen LogP contribution in [0.25, 0.3) is 0 Å². The zero-order valence-electron chi connectivity index (χ0n) is 11.9. The number of benzene rings is 1. The molecule has 0 aromatic heterocycles. The van der Waals surface area contributed by atoms with Crippen LogP contribution < -0.4 is 11.1 Å². The van der Waals surface area contributed by atoms with E-state index in [0.29, 0.717) is 16.5 Å². The molecule has 1 aromatic carbocycles. The minimum absolute atomic E-state index is 0.0406. The molecule has 1 aliphatic rings. The summed E-state index contributed by atoms with van der Waals surface area (Å²) in [6, 6.07) is 7.41. The SMILES string of the molecule is CC(NC(=O)c1cccc(C(N)=S)c1)C1CCCCC1. The minimum Gasteiger partial charge on any atom is -0.389 e. The van der Waals surface area contributed by atoms with Gasteiger partial charge in [-0.2, -0.15) is 0 Å². The van der Waals surface area contributed by atoms with E-state index in [1.807, 2.05) is 12.1 Å². The predicted molar refractivity (Wildman–Crippen MR) is 85.8 cm³/mol. The first-order valence-electron chi connectivity index (χ1n) is 7.28. The average Bonchev–Trinajstić information content (AvgIpc) is 2.48. The summed E-state index contributed by atoms with van der Waals surface area (Å²) < 4.78 is 0. The van der Waals surface area contributed by atoms with Gasteiger partial charge in [0.25, 0.3) is 5.91 Å². The standard InChI is InChI=1S/C16H22N2OS/c1-11(12-6-3-2-4-7-12)18-16(19)14-9-5-8-13(10-14)15(17)20/h5,8-12H,2-4,6-7H2,1H3,(H2,17,20)(H,18,19). The molecule has 1 aromatic rings. The largest absolute Gasteiger partial charge is 0.389 e. The third-order valence-electron chi connectivity index (χ3n) is 4.12. The van der Waals surface area contributed by atoms with Gasteiger partial charge in [-0.05, 0) is 37.8 Å². The van der Waals surface area contributed by atoms with Crippen LogP contribution in [0.5, 0.6) is 0 Å². The van der Waals surface area contributed by atoms with Gasteiger partial charge in [0.15, 0.2) is 0 Å². The molecule has 0 radical (unpaired) electrons. The van der Waals surface area contributed by atoms with Crippen molar-refractivity contribution in [2.24, 2.45) is 11.7 Å². The Kier molecular flexibility index (Phi) is 5.12. The van der Waals surface area contributed by atoms with Crippen LogP contribution in [0.15, 0.2) is 24.3 Å². The average molecular weight is 290 g/mol. The quantitative estimate of drug-likeness (QED) is 0.838. The Balaban J connectivity index is 2.00. The summed E-state index contributed by atoms with van der Waals surface area (Å²) in [5.41, 5.74) is 6.96. The van der Waals surface area contributed by atoms with Crippen molar-refractivity contribution in [1.29, 1.82) is 0 Å². The summed E-state index contributed by atoms with van der Waals surface area (Å²) in [6.07, 6.45) is 6.32. The molecule has 0 heterocycles. The topological polar surface area (TPSA) is 55.1 Å². The first-order valence-corrected chi connectivity index (χ1v) is 7.69. The highest BCUT2D eigenvalue weighted by Gasteiger charge is 2.21. The predicted octanol–water partition coefficient (Wildman–Crippen LogP) is 3.02. The van der Waals surface area contributed by atoms with Crippen molar-refractivity contribution in [3.05, 3.63) is 35.4 Å². The molecule has 3 nitrogen and oxygen atoms in total. The number of hydrogen-bond donors (Lipinski definition) is 2. The molecule has 1 atom stereocenters. The molecule has 1 fully saturated rings. The van der Waals surface area contributed by atoms with Gasteiger partial charge in [-0.15, -0.1) is 0 Å². The Hall–Kier alpha value is -1.42. The van der Waals surface area contributed by atoms with Crippen molar-refractivity contribution in [1.82, 2.24) is 5.32 Å². The lowest BCUT2D eigenvalue weighted by Gasteiger charge is -2.28. The second kappa shape index (κ2) is 6.84. The van der Waals surface area contributed by atoms with Crippen LogP contribution in [0.1, 0.15) is 54.9 Å². The molecule has 20 heavy (non-hydrogen) atoms. The van der Waals surface area contributed by atoms with Crippen molar-refractivity contribution in [2.75, 3.05) is 0 Å². The molecule has 0 saturated heterocycles. The van der Waals surface area contributed by atoms with Crippen molar-refractivity contribution < 1.29 is 4.79 Å². The number of carbonyl (C=O) groups excluding carboxylic acids is 1. The molecular weight excluding hydrogens is 268 g/mol. The lowest BCUT2D eigenvalue weighted by atomic mass is 9.84. The number of nitrogens with one attached hydrogen (secondary N) is 1. The van der Waals surface area contributed by atoms with E-state index in [1.165, 1.54) is 32.1 Å². The molecule has 0 aliphatic heterocycles. The Bertz CT molecular complexity index is 495. The van der Waals surface area contributed by atoms with E-state index < -0.39 is 0 Å². The van der Waals surface area contributed by atoms with Crippen LogP contribution in [0.2, 0.25) is 0 Å². The maximum atomic E-state index is 12.3. The van der Waals surface area contributed by atoms with E-state index in [2.05, 4.69) is 12.2 Å². The van der Waals surface area contributed by atoms with Crippen LogP contribution in [0.4, 0.5) is 0 Å². The third kappa shape index (κ3) is 3.79. The monoisotopic (exact) mass is 290 g/mol. The molecule has 1 amide bonds. The molecule has 4 heteroatoms. The minimum atomic E-state index is -0.0406. The molecule has 108 valence electrons. The Labute approximate surface area is 125 Å². The van der Waals surface area contributed by atoms with Crippen molar-refractivity contribution in [3.8, 4) is 0 Å². The summed E-state index contributed by atoms with van der Waals surface area (Å²) in [7, 11) is 0. The normalized spacial score (nSPS) is 17.4. The Morgan fingerprint density at radius 2 is 1.95 bits per heavy atom. The van der Waals surface area contributed by atoms with Gasteiger partial charge in [-0.1, -0.05) is 43.6 Å². The molecule has 3 N–H and O–H groups in total. The lowest BCUT2D eigenvalue weighted by Crippen LogP contribution is -2.38. The van der Waals surface area contributed by atoms with Crippen LogP contribution in [-0.2, 0) is 0 Å². The molecule has 2 rings (SSSR count). The zero-order valence-corrected chi connectivity index (χ0v) is 12.7. The molecule has 0 bridgehead atoms. The highest BCUT2D eigenvalue weighted by Crippen LogP contribution is 2.26. The van der Waals surface area contributed by atoms with Gasteiger partial charge >= 0.3 is 0 Å². The van der Waals surface area contributed by atoms with Crippen molar-refractivity contribution >= 4 is 23.1 Å². The fraction of sp³-hybridized carbons (Fsp3) is 0.500. The highest BCUT2D eigenvalue weighted by atomic mass is 32.1. The fourth-order valence-electron chi connectivity index (χ4n) is 2.86. The summed E-state index contributed by atoms with van der Waals surface area (Å²) in [6.45, 7) is 2.10. The van der Waals surface area contributed by atoms with E-state index in [1.54, 1.807) is 12.1 Å². The third-order valence-corrected chi connectivity index (χ3v) is 4.36. The van der Waals surface area contributed by atoms with Crippen molar-refractivity contribution in [2.45, 2.75) is 45.1 Å². The van der Waals surface area contributed by atoms with Gasteiger partial charge in [-0.25, -0.2) is 0 Å². The molecular formula is C16H22N2OS. The smallest absolute Gasteiger partial charge is 0.251 e. The van der Waals surface area contributed by atoms with E-state index in [4.69, 9.17) is 18.0 Å². The summed E-state index contributed by atoms with van der Waals surface area (Å²) in [5.74, 6) is 0.563. The molecule has 0 spiro atoms. The number of amides is 1. The van der Waals surface area contributed by atoms with Gasteiger partial charge in [0.2, 0.25) is 0 Å². The Morgan fingerprint density at radius 1 is 1.30 bits per heavy atom. The number of nitrogens with two attached hydrogens (primary N) is 1. The first-order chi connectivity index (χ1) is 9.58.